The van der Waals surface area contributed by atoms with E-state index in [4.69, 9.17) is 0 Å². The molecule has 0 aliphatic heterocycles. The van der Waals surface area contributed by atoms with Crippen LogP contribution in [0.1, 0.15) is 33.6 Å². The molecule has 1 aromatic carbocycles. The Hall–Kier alpha value is -1.82. The molecule has 0 aliphatic carbocycles. The third-order valence-electron chi connectivity index (χ3n) is 3.03. The van der Waals surface area contributed by atoms with Gasteiger partial charge in [0.25, 0.3) is 0 Å². The van der Waals surface area contributed by atoms with Crippen LogP contribution in [0.5, 0.6) is 0 Å². The van der Waals surface area contributed by atoms with Crippen LogP contribution in [-0.2, 0) is 4.79 Å². The number of benzene rings is 1. The van der Waals surface area contributed by atoms with Gasteiger partial charge < -0.3 is 0 Å². The van der Waals surface area contributed by atoms with Crippen molar-refractivity contribution in [3.63, 3.8) is 0 Å². The quantitative estimate of drug-likeness (QED) is 0.803. The molecule has 1 heterocycles. The zero-order valence-corrected chi connectivity index (χ0v) is 13.9. The van der Waals surface area contributed by atoms with Crippen molar-refractivity contribution >= 4 is 22.4 Å². The van der Waals surface area contributed by atoms with Gasteiger partial charge in [0.05, 0.1) is 0 Å². The number of hydrogen-bond donors (Lipinski definition) is 0. The molecule has 0 atom stereocenters. The number of halogens is 1. The molecular formula is C16H20FN3OS. The van der Waals surface area contributed by atoms with Crippen LogP contribution in [0.2, 0.25) is 0 Å². The fourth-order valence-corrected chi connectivity index (χ4v) is 2.93. The fraction of sp³-hybridized carbons (Fsp3) is 0.438. The molecule has 0 saturated carbocycles. The number of anilines is 1. The van der Waals surface area contributed by atoms with Gasteiger partial charge >= 0.3 is 0 Å². The van der Waals surface area contributed by atoms with Crippen molar-refractivity contribution in [2.75, 3.05) is 11.4 Å². The highest BCUT2D eigenvalue weighted by atomic mass is 32.1. The summed E-state index contributed by atoms with van der Waals surface area (Å²) in [6.45, 7) is 6.70. The van der Waals surface area contributed by atoms with E-state index in [-0.39, 0.29) is 11.7 Å². The Balaban J connectivity index is 2.28. The largest absolute Gasteiger partial charge is 0.286 e. The molecule has 0 spiro atoms. The maximum absolute atomic E-state index is 13.3. The molecule has 0 saturated heterocycles. The van der Waals surface area contributed by atoms with Crippen molar-refractivity contribution < 1.29 is 9.18 Å². The predicted octanol–water partition coefficient (Wildman–Crippen LogP) is 4.13. The summed E-state index contributed by atoms with van der Waals surface area (Å²) in [5.41, 5.74) is 0.677. The first-order chi connectivity index (χ1) is 10.5. The first-order valence-electron chi connectivity index (χ1n) is 7.41. The number of amides is 1. The van der Waals surface area contributed by atoms with E-state index >= 15 is 0 Å². The van der Waals surface area contributed by atoms with Crippen LogP contribution in [0.3, 0.4) is 0 Å². The van der Waals surface area contributed by atoms with Gasteiger partial charge in [0.1, 0.15) is 10.8 Å². The van der Waals surface area contributed by atoms with Gasteiger partial charge in [-0.3, -0.25) is 9.69 Å². The smallest absolute Gasteiger partial charge is 0.228 e. The molecule has 0 N–H and O–H groups in total. The monoisotopic (exact) mass is 321 g/mol. The second-order valence-electron chi connectivity index (χ2n) is 5.55. The van der Waals surface area contributed by atoms with E-state index in [1.165, 1.54) is 23.5 Å². The molecule has 0 unspecified atom stereocenters. The summed E-state index contributed by atoms with van der Waals surface area (Å²) in [6, 6.07) is 6.24. The van der Waals surface area contributed by atoms with Gasteiger partial charge in [0, 0.05) is 18.5 Å². The number of aromatic nitrogens is 2. The van der Waals surface area contributed by atoms with E-state index in [1.54, 1.807) is 17.0 Å². The minimum atomic E-state index is -0.310. The molecule has 2 aromatic rings. The van der Waals surface area contributed by atoms with Gasteiger partial charge in [0.15, 0.2) is 0 Å². The van der Waals surface area contributed by atoms with Gasteiger partial charge in [-0.25, -0.2) is 4.39 Å². The van der Waals surface area contributed by atoms with Crippen molar-refractivity contribution in [3.8, 4) is 10.6 Å². The van der Waals surface area contributed by atoms with E-state index < -0.39 is 0 Å². The Morgan fingerprint density at radius 1 is 1.36 bits per heavy atom. The van der Waals surface area contributed by atoms with E-state index in [9.17, 15) is 9.18 Å². The van der Waals surface area contributed by atoms with Gasteiger partial charge in [-0.1, -0.05) is 44.2 Å². The van der Waals surface area contributed by atoms with Crippen molar-refractivity contribution in [1.82, 2.24) is 10.2 Å². The van der Waals surface area contributed by atoms with E-state index in [0.717, 1.165) is 6.42 Å². The van der Waals surface area contributed by atoms with Gasteiger partial charge in [-0.05, 0) is 24.5 Å². The third kappa shape index (κ3) is 4.10. The van der Waals surface area contributed by atoms with Crippen LogP contribution >= 0.6 is 11.3 Å². The summed E-state index contributed by atoms with van der Waals surface area (Å²) >= 11 is 1.32. The molecule has 4 nitrogen and oxygen atoms in total. The summed E-state index contributed by atoms with van der Waals surface area (Å²) < 4.78 is 13.3. The number of carbonyl (C=O) groups excluding carboxylic acids is 1. The lowest BCUT2D eigenvalue weighted by atomic mass is 10.2. The third-order valence-corrected chi connectivity index (χ3v) is 4.02. The number of rotatable bonds is 6. The molecule has 1 aromatic heterocycles. The molecule has 0 bridgehead atoms. The van der Waals surface area contributed by atoms with E-state index in [1.807, 2.05) is 6.92 Å². The fourth-order valence-electron chi connectivity index (χ4n) is 2.06. The van der Waals surface area contributed by atoms with E-state index in [0.29, 0.717) is 34.6 Å². The van der Waals surface area contributed by atoms with Gasteiger partial charge in [-0.15, -0.1) is 10.2 Å². The Labute approximate surface area is 134 Å². The molecule has 1 amide bonds. The van der Waals surface area contributed by atoms with Crippen LogP contribution in [0.25, 0.3) is 10.6 Å². The Bertz CT molecular complexity index is 642. The van der Waals surface area contributed by atoms with Crippen LogP contribution in [0.4, 0.5) is 9.52 Å². The maximum Gasteiger partial charge on any atom is 0.228 e. The molecule has 118 valence electrons. The predicted molar refractivity (Wildman–Crippen MR) is 87.4 cm³/mol. The average Bonchev–Trinajstić information content (AvgIpc) is 2.94. The second-order valence-corrected chi connectivity index (χ2v) is 6.50. The lowest BCUT2D eigenvalue weighted by molar-refractivity contribution is -0.118. The topological polar surface area (TPSA) is 46.1 Å². The second kappa shape index (κ2) is 7.45. The number of nitrogens with zero attached hydrogens (tertiary/aromatic N) is 3. The molecule has 0 aliphatic rings. The summed E-state index contributed by atoms with van der Waals surface area (Å²) in [4.78, 5) is 14.0. The summed E-state index contributed by atoms with van der Waals surface area (Å²) in [6.07, 6.45) is 1.28. The Kier molecular flexibility index (Phi) is 5.60. The van der Waals surface area contributed by atoms with Gasteiger partial charge in [-0.2, -0.15) is 0 Å². The van der Waals surface area contributed by atoms with E-state index in [2.05, 4.69) is 24.0 Å². The average molecular weight is 321 g/mol. The molecule has 6 heteroatoms. The summed E-state index contributed by atoms with van der Waals surface area (Å²) in [5.74, 6) is 0.0795. The lowest BCUT2D eigenvalue weighted by Crippen LogP contribution is -2.33. The Morgan fingerprint density at radius 3 is 2.77 bits per heavy atom. The minimum absolute atomic E-state index is 0.0538. The molecule has 0 radical (unpaired) electrons. The SMILES string of the molecule is CCCC(=O)N(CC(C)C)c1nnc(-c2cccc(F)c2)s1. The van der Waals surface area contributed by atoms with Crippen LogP contribution < -0.4 is 4.90 Å². The lowest BCUT2D eigenvalue weighted by Gasteiger charge is -2.21. The number of hydrogen-bond acceptors (Lipinski definition) is 4. The summed E-state index contributed by atoms with van der Waals surface area (Å²) in [7, 11) is 0. The highest BCUT2D eigenvalue weighted by Gasteiger charge is 2.20. The maximum atomic E-state index is 13.3. The molecular weight excluding hydrogens is 301 g/mol. The molecule has 0 fully saturated rings. The Morgan fingerprint density at radius 2 is 2.14 bits per heavy atom. The molecule has 2 rings (SSSR count). The highest BCUT2D eigenvalue weighted by molar-refractivity contribution is 7.18. The normalized spacial score (nSPS) is 11.0. The zero-order chi connectivity index (χ0) is 16.1. The van der Waals surface area contributed by atoms with Crippen LogP contribution in [0, 0.1) is 11.7 Å². The van der Waals surface area contributed by atoms with Crippen molar-refractivity contribution in [1.29, 1.82) is 0 Å². The number of carbonyl (C=O) groups is 1. The van der Waals surface area contributed by atoms with Crippen molar-refractivity contribution in [2.45, 2.75) is 33.6 Å². The zero-order valence-electron chi connectivity index (χ0n) is 13.0. The summed E-state index contributed by atoms with van der Waals surface area (Å²) in [5, 5.41) is 9.43. The first kappa shape index (κ1) is 16.5. The highest BCUT2D eigenvalue weighted by Crippen LogP contribution is 2.29. The first-order valence-corrected chi connectivity index (χ1v) is 8.22. The van der Waals surface area contributed by atoms with Gasteiger partial charge in [0.2, 0.25) is 11.0 Å². The van der Waals surface area contributed by atoms with Crippen molar-refractivity contribution in [2.24, 2.45) is 5.92 Å². The van der Waals surface area contributed by atoms with Crippen molar-refractivity contribution in [3.05, 3.63) is 30.1 Å². The minimum Gasteiger partial charge on any atom is -0.286 e. The molecule has 22 heavy (non-hydrogen) atoms. The van der Waals surface area contributed by atoms with Crippen LogP contribution in [-0.4, -0.2) is 22.6 Å². The van der Waals surface area contributed by atoms with Crippen LogP contribution in [0.15, 0.2) is 24.3 Å². The standard InChI is InChI=1S/C16H20FN3OS/c1-4-6-14(21)20(10-11(2)3)16-19-18-15(22-16)12-7-5-8-13(17)9-12/h5,7-9,11H,4,6,10H2,1-3H3.